The lowest BCUT2D eigenvalue weighted by atomic mass is 10.2. The van der Waals surface area contributed by atoms with Crippen molar-refractivity contribution in [1.29, 1.82) is 0 Å². The fourth-order valence-electron chi connectivity index (χ4n) is 1.58. The molecule has 0 amide bonds. The second kappa shape index (κ2) is 7.41. The van der Waals surface area contributed by atoms with Crippen molar-refractivity contribution in [3.63, 3.8) is 0 Å². The molecule has 0 saturated heterocycles. The molecule has 1 aromatic carbocycles. The second-order valence-corrected chi connectivity index (χ2v) is 4.25. The van der Waals surface area contributed by atoms with Gasteiger partial charge in [0.15, 0.2) is 11.5 Å². The quantitative estimate of drug-likeness (QED) is 0.762. The Balaban J connectivity index is 2.79. The van der Waals surface area contributed by atoms with E-state index >= 15 is 0 Å². The summed E-state index contributed by atoms with van der Waals surface area (Å²) in [6.07, 6.45) is 3.27. The summed E-state index contributed by atoms with van der Waals surface area (Å²) in [4.78, 5) is 0. The first-order chi connectivity index (χ1) is 8.22. The summed E-state index contributed by atoms with van der Waals surface area (Å²) in [6, 6.07) is 3.38. The van der Waals surface area contributed by atoms with Crippen LogP contribution in [0, 0.1) is 0 Å². The van der Waals surface area contributed by atoms with Crippen LogP contribution in [0.5, 0.6) is 11.5 Å². The molecular weight excluding hydrogens is 240 g/mol. The van der Waals surface area contributed by atoms with Crippen molar-refractivity contribution in [2.45, 2.75) is 32.8 Å². The molecule has 4 heteroatoms. The zero-order chi connectivity index (χ0) is 12.7. The average molecular weight is 259 g/mol. The molecule has 0 unspecified atom stereocenters. The topological polar surface area (TPSA) is 38.7 Å². The summed E-state index contributed by atoms with van der Waals surface area (Å²) < 4.78 is 10.9. The third-order valence-corrected chi connectivity index (χ3v) is 2.70. The molecule has 0 radical (unpaired) electrons. The van der Waals surface area contributed by atoms with Gasteiger partial charge in [0, 0.05) is 16.7 Å². The van der Waals surface area contributed by atoms with Crippen LogP contribution in [0.4, 0.5) is 0 Å². The highest BCUT2D eigenvalue weighted by atomic mass is 35.5. The second-order valence-electron chi connectivity index (χ2n) is 3.81. The van der Waals surface area contributed by atoms with E-state index in [1.54, 1.807) is 19.2 Å². The standard InChI is InChI=1S/C13H19ClO3/c1-3-4-5-6-17-13-10(9-15)7-11(14)8-12(13)16-2/h7-8,15H,3-6,9H2,1-2H3. The van der Waals surface area contributed by atoms with E-state index in [9.17, 15) is 5.11 Å². The SMILES string of the molecule is CCCCCOc1c(CO)cc(Cl)cc1OC. The number of benzene rings is 1. The van der Waals surface area contributed by atoms with Gasteiger partial charge in [-0.2, -0.15) is 0 Å². The van der Waals surface area contributed by atoms with Crippen LogP contribution < -0.4 is 9.47 Å². The first kappa shape index (κ1) is 14.1. The van der Waals surface area contributed by atoms with Crippen molar-refractivity contribution in [2.24, 2.45) is 0 Å². The van der Waals surface area contributed by atoms with Crippen molar-refractivity contribution in [1.82, 2.24) is 0 Å². The van der Waals surface area contributed by atoms with Crippen molar-refractivity contribution in [3.8, 4) is 11.5 Å². The van der Waals surface area contributed by atoms with Crippen LogP contribution in [0.2, 0.25) is 5.02 Å². The number of aliphatic hydroxyl groups excluding tert-OH is 1. The molecule has 0 aliphatic rings. The number of methoxy groups -OCH3 is 1. The minimum atomic E-state index is -0.111. The minimum Gasteiger partial charge on any atom is -0.493 e. The lowest BCUT2D eigenvalue weighted by Gasteiger charge is -2.14. The van der Waals surface area contributed by atoms with E-state index in [-0.39, 0.29) is 6.61 Å². The molecule has 0 heterocycles. The van der Waals surface area contributed by atoms with Crippen molar-refractivity contribution < 1.29 is 14.6 Å². The van der Waals surface area contributed by atoms with Gasteiger partial charge in [0.25, 0.3) is 0 Å². The van der Waals surface area contributed by atoms with Gasteiger partial charge < -0.3 is 14.6 Å². The predicted octanol–water partition coefficient (Wildman–Crippen LogP) is 3.41. The summed E-state index contributed by atoms with van der Waals surface area (Å²) in [7, 11) is 1.56. The number of ether oxygens (including phenoxy) is 2. The number of hydrogen-bond donors (Lipinski definition) is 1. The summed E-state index contributed by atoms with van der Waals surface area (Å²) >= 11 is 5.92. The molecule has 0 fully saturated rings. The number of halogens is 1. The maximum absolute atomic E-state index is 9.27. The van der Waals surface area contributed by atoms with Crippen LogP contribution >= 0.6 is 11.6 Å². The highest BCUT2D eigenvalue weighted by Gasteiger charge is 2.12. The molecule has 0 saturated carbocycles. The highest BCUT2D eigenvalue weighted by molar-refractivity contribution is 6.30. The van der Waals surface area contributed by atoms with Crippen LogP contribution in [0.1, 0.15) is 31.7 Å². The van der Waals surface area contributed by atoms with Gasteiger partial charge in [-0.15, -0.1) is 0 Å². The van der Waals surface area contributed by atoms with E-state index in [2.05, 4.69) is 6.92 Å². The van der Waals surface area contributed by atoms with Gasteiger partial charge in [-0.25, -0.2) is 0 Å². The zero-order valence-electron chi connectivity index (χ0n) is 10.3. The molecule has 0 aromatic heterocycles. The molecule has 0 bridgehead atoms. The number of aliphatic hydroxyl groups is 1. The Hall–Kier alpha value is -0.930. The van der Waals surface area contributed by atoms with E-state index < -0.39 is 0 Å². The largest absolute Gasteiger partial charge is 0.493 e. The molecule has 17 heavy (non-hydrogen) atoms. The molecule has 1 rings (SSSR count). The van der Waals surface area contributed by atoms with E-state index in [0.717, 1.165) is 19.3 Å². The van der Waals surface area contributed by atoms with E-state index in [0.29, 0.717) is 28.7 Å². The molecule has 96 valence electrons. The molecule has 0 spiro atoms. The zero-order valence-corrected chi connectivity index (χ0v) is 11.1. The predicted molar refractivity (Wildman–Crippen MR) is 68.9 cm³/mol. The average Bonchev–Trinajstić information content (AvgIpc) is 2.35. The van der Waals surface area contributed by atoms with Gasteiger partial charge >= 0.3 is 0 Å². The first-order valence-corrected chi connectivity index (χ1v) is 6.20. The minimum absolute atomic E-state index is 0.111. The van der Waals surface area contributed by atoms with Crippen LogP contribution in [-0.4, -0.2) is 18.8 Å². The summed E-state index contributed by atoms with van der Waals surface area (Å²) in [6.45, 7) is 2.65. The van der Waals surface area contributed by atoms with E-state index in [4.69, 9.17) is 21.1 Å². The van der Waals surface area contributed by atoms with E-state index in [1.807, 2.05) is 0 Å². The van der Waals surface area contributed by atoms with Crippen molar-refractivity contribution in [2.75, 3.05) is 13.7 Å². The molecule has 1 N–H and O–H groups in total. The maximum atomic E-state index is 9.27. The van der Waals surface area contributed by atoms with Crippen LogP contribution in [0.3, 0.4) is 0 Å². The number of unbranched alkanes of at least 4 members (excludes halogenated alkanes) is 2. The number of hydrogen-bond acceptors (Lipinski definition) is 3. The molecule has 1 aromatic rings. The Morgan fingerprint density at radius 3 is 2.65 bits per heavy atom. The Bertz CT molecular complexity index is 328. The fraction of sp³-hybridized carbons (Fsp3) is 0.538. The van der Waals surface area contributed by atoms with Gasteiger partial charge in [0.2, 0.25) is 0 Å². The lowest BCUT2D eigenvalue weighted by molar-refractivity contribution is 0.251. The van der Waals surface area contributed by atoms with Crippen LogP contribution in [-0.2, 0) is 6.61 Å². The normalized spacial score (nSPS) is 10.4. The Kier molecular flexibility index (Phi) is 6.16. The Morgan fingerprint density at radius 1 is 1.29 bits per heavy atom. The molecule has 0 aliphatic heterocycles. The Labute approximate surface area is 107 Å². The third kappa shape index (κ3) is 4.10. The fourth-order valence-corrected chi connectivity index (χ4v) is 1.81. The first-order valence-electron chi connectivity index (χ1n) is 5.83. The van der Waals surface area contributed by atoms with Gasteiger partial charge in [-0.1, -0.05) is 31.4 Å². The van der Waals surface area contributed by atoms with Crippen molar-refractivity contribution >= 4 is 11.6 Å². The smallest absolute Gasteiger partial charge is 0.166 e. The van der Waals surface area contributed by atoms with Gasteiger partial charge in [0.1, 0.15) is 0 Å². The van der Waals surface area contributed by atoms with Gasteiger partial charge in [-0.05, 0) is 12.5 Å². The summed E-state index contributed by atoms with van der Waals surface area (Å²) in [5.41, 5.74) is 0.658. The third-order valence-electron chi connectivity index (χ3n) is 2.48. The molecule has 0 aliphatic carbocycles. The summed E-state index contributed by atoms with van der Waals surface area (Å²) in [5, 5.41) is 9.81. The number of rotatable bonds is 7. The summed E-state index contributed by atoms with van der Waals surface area (Å²) in [5.74, 6) is 1.16. The highest BCUT2D eigenvalue weighted by Crippen LogP contribution is 2.34. The molecular formula is C13H19ClO3. The van der Waals surface area contributed by atoms with E-state index in [1.165, 1.54) is 0 Å². The van der Waals surface area contributed by atoms with Crippen LogP contribution in [0.15, 0.2) is 12.1 Å². The monoisotopic (exact) mass is 258 g/mol. The lowest BCUT2D eigenvalue weighted by Crippen LogP contribution is -2.02. The maximum Gasteiger partial charge on any atom is 0.166 e. The van der Waals surface area contributed by atoms with Gasteiger partial charge in [-0.3, -0.25) is 0 Å². The van der Waals surface area contributed by atoms with Crippen LogP contribution in [0.25, 0.3) is 0 Å². The molecule has 3 nitrogen and oxygen atoms in total. The van der Waals surface area contributed by atoms with Crippen molar-refractivity contribution in [3.05, 3.63) is 22.7 Å². The molecule has 0 atom stereocenters. The Morgan fingerprint density at radius 2 is 2.06 bits per heavy atom. The van der Waals surface area contributed by atoms with Gasteiger partial charge in [0.05, 0.1) is 20.3 Å².